The van der Waals surface area contributed by atoms with E-state index in [0.29, 0.717) is 6.61 Å². The fourth-order valence-electron chi connectivity index (χ4n) is 1.83. The van der Waals surface area contributed by atoms with Gasteiger partial charge in [-0.25, -0.2) is 0 Å². The van der Waals surface area contributed by atoms with Gasteiger partial charge in [-0.1, -0.05) is 24.3 Å². The van der Waals surface area contributed by atoms with Gasteiger partial charge < -0.3 is 10.1 Å². The van der Waals surface area contributed by atoms with Crippen molar-refractivity contribution in [1.82, 2.24) is 15.1 Å². The quantitative estimate of drug-likeness (QED) is 0.829. The molecule has 0 radical (unpaired) electrons. The molecule has 0 amide bonds. The van der Waals surface area contributed by atoms with Crippen molar-refractivity contribution in [2.24, 2.45) is 0 Å². The van der Waals surface area contributed by atoms with Gasteiger partial charge in [-0.3, -0.25) is 4.68 Å². The van der Waals surface area contributed by atoms with Gasteiger partial charge in [0.05, 0.1) is 12.4 Å². The Balaban J connectivity index is 1.85. The number of aryl methyl sites for hydroxylation is 1. The van der Waals surface area contributed by atoms with E-state index in [-0.39, 0.29) is 0 Å². The number of ether oxygens (including phenoxy) is 1. The number of rotatable bonds is 7. The van der Waals surface area contributed by atoms with E-state index < -0.39 is 0 Å². The minimum atomic E-state index is 0.585. The second-order valence-corrected chi connectivity index (χ2v) is 4.49. The summed E-state index contributed by atoms with van der Waals surface area (Å²) >= 11 is 0. The third-order valence-corrected chi connectivity index (χ3v) is 3.03. The molecule has 1 heterocycles. The van der Waals surface area contributed by atoms with Crippen LogP contribution in [0.25, 0.3) is 0 Å². The Kier molecular flexibility index (Phi) is 4.98. The molecule has 2 rings (SSSR count). The average Bonchev–Trinajstić information content (AvgIpc) is 2.92. The molecule has 1 aromatic heterocycles. The van der Waals surface area contributed by atoms with E-state index in [0.717, 1.165) is 25.3 Å². The van der Waals surface area contributed by atoms with Crippen molar-refractivity contribution < 1.29 is 4.74 Å². The standard InChI is InChI=1S/C15H21N3O/c1-3-18-11-15(10-17-18)19-12-14-6-4-13(5-7-14)8-9-16-2/h4-7,10-11,16H,3,8-9,12H2,1-2H3. The zero-order valence-electron chi connectivity index (χ0n) is 11.6. The topological polar surface area (TPSA) is 39.1 Å². The second kappa shape index (κ2) is 6.95. The molecule has 102 valence electrons. The van der Waals surface area contributed by atoms with Gasteiger partial charge in [0.2, 0.25) is 0 Å². The smallest absolute Gasteiger partial charge is 0.157 e. The summed E-state index contributed by atoms with van der Waals surface area (Å²) < 4.78 is 7.56. The third kappa shape index (κ3) is 4.10. The molecule has 0 aliphatic carbocycles. The number of likely N-dealkylation sites (N-methyl/N-ethyl adjacent to an activating group) is 1. The maximum atomic E-state index is 5.70. The van der Waals surface area contributed by atoms with E-state index in [1.165, 1.54) is 11.1 Å². The van der Waals surface area contributed by atoms with Gasteiger partial charge in [-0.05, 0) is 38.1 Å². The van der Waals surface area contributed by atoms with Crippen LogP contribution in [0.5, 0.6) is 5.75 Å². The van der Waals surface area contributed by atoms with Crippen molar-refractivity contribution in [2.75, 3.05) is 13.6 Å². The number of hydrogen-bond donors (Lipinski definition) is 1. The van der Waals surface area contributed by atoms with Crippen LogP contribution in [0.4, 0.5) is 0 Å². The summed E-state index contributed by atoms with van der Waals surface area (Å²) in [6.07, 6.45) is 4.73. The van der Waals surface area contributed by atoms with Crippen molar-refractivity contribution >= 4 is 0 Å². The lowest BCUT2D eigenvalue weighted by atomic mass is 10.1. The summed E-state index contributed by atoms with van der Waals surface area (Å²) in [6.45, 7) is 4.51. The summed E-state index contributed by atoms with van der Waals surface area (Å²) in [5.41, 5.74) is 2.52. The Labute approximate surface area is 114 Å². The Morgan fingerprint density at radius 1 is 1.21 bits per heavy atom. The zero-order valence-corrected chi connectivity index (χ0v) is 11.6. The molecule has 0 atom stereocenters. The molecule has 1 N–H and O–H groups in total. The lowest BCUT2D eigenvalue weighted by Crippen LogP contribution is -2.10. The molecule has 0 saturated heterocycles. The zero-order chi connectivity index (χ0) is 13.5. The van der Waals surface area contributed by atoms with E-state index in [1.54, 1.807) is 6.20 Å². The molecule has 19 heavy (non-hydrogen) atoms. The van der Waals surface area contributed by atoms with Crippen LogP contribution in [-0.2, 0) is 19.6 Å². The van der Waals surface area contributed by atoms with Gasteiger partial charge in [0.1, 0.15) is 6.61 Å². The Bertz CT molecular complexity index is 490. The molecule has 0 bridgehead atoms. The van der Waals surface area contributed by atoms with E-state index in [9.17, 15) is 0 Å². The predicted molar refractivity (Wildman–Crippen MR) is 76.3 cm³/mol. The van der Waals surface area contributed by atoms with Gasteiger partial charge in [0.15, 0.2) is 5.75 Å². The average molecular weight is 259 g/mol. The summed E-state index contributed by atoms with van der Waals surface area (Å²) in [4.78, 5) is 0. The fourth-order valence-corrected chi connectivity index (χ4v) is 1.83. The molecule has 0 aliphatic rings. The molecule has 0 saturated carbocycles. The molecule has 0 unspecified atom stereocenters. The van der Waals surface area contributed by atoms with Gasteiger partial charge in [0.25, 0.3) is 0 Å². The highest BCUT2D eigenvalue weighted by molar-refractivity contribution is 5.23. The van der Waals surface area contributed by atoms with Crippen LogP contribution in [0.1, 0.15) is 18.1 Å². The summed E-state index contributed by atoms with van der Waals surface area (Å²) in [5, 5.41) is 7.33. The highest BCUT2D eigenvalue weighted by atomic mass is 16.5. The molecule has 4 nitrogen and oxygen atoms in total. The monoisotopic (exact) mass is 259 g/mol. The molecule has 2 aromatic rings. The molecule has 0 spiro atoms. The molecule has 1 aromatic carbocycles. The molecule has 0 aliphatic heterocycles. The summed E-state index contributed by atoms with van der Waals surface area (Å²) in [6, 6.07) is 8.56. The number of nitrogens with zero attached hydrogens (tertiary/aromatic N) is 2. The van der Waals surface area contributed by atoms with Gasteiger partial charge in [-0.15, -0.1) is 0 Å². The number of hydrogen-bond acceptors (Lipinski definition) is 3. The number of nitrogens with one attached hydrogen (secondary N) is 1. The fraction of sp³-hybridized carbons (Fsp3) is 0.400. The highest BCUT2D eigenvalue weighted by Crippen LogP contribution is 2.12. The minimum Gasteiger partial charge on any atom is -0.486 e. The minimum absolute atomic E-state index is 0.585. The maximum Gasteiger partial charge on any atom is 0.157 e. The van der Waals surface area contributed by atoms with Crippen molar-refractivity contribution in [3.8, 4) is 5.75 Å². The molecule has 0 fully saturated rings. The molecular weight excluding hydrogens is 238 g/mol. The second-order valence-electron chi connectivity index (χ2n) is 4.49. The number of benzene rings is 1. The lowest BCUT2D eigenvalue weighted by Gasteiger charge is -2.05. The van der Waals surface area contributed by atoms with Crippen LogP contribution in [0.15, 0.2) is 36.7 Å². The summed E-state index contributed by atoms with van der Waals surface area (Å²) in [5.74, 6) is 0.820. The van der Waals surface area contributed by atoms with E-state index in [4.69, 9.17) is 4.74 Å². The molecule has 4 heteroatoms. The normalized spacial score (nSPS) is 10.6. The predicted octanol–water partition coefficient (Wildman–Crippen LogP) is 2.24. The third-order valence-electron chi connectivity index (χ3n) is 3.03. The van der Waals surface area contributed by atoms with Crippen LogP contribution < -0.4 is 10.1 Å². The van der Waals surface area contributed by atoms with Gasteiger partial charge >= 0.3 is 0 Å². The van der Waals surface area contributed by atoms with E-state index in [2.05, 4.69) is 41.6 Å². The Hall–Kier alpha value is -1.81. The lowest BCUT2D eigenvalue weighted by molar-refractivity contribution is 0.306. The Morgan fingerprint density at radius 3 is 2.58 bits per heavy atom. The highest BCUT2D eigenvalue weighted by Gasteiger charge is 1.99. The first kappa shape index (κ1) is 13.6. The van der Waals surface area contributed by atoms with Crippen LogP contribution in [-0.4, -0.2) is 23.4 Å². The first-order valence-electron chi connectivity index (χ1n) is 6.69. The van der Waals surface area contributed by atoms with Crippen molar-refractivity contribution in [3.63, 3.8) is 0 Å². The number of aromatic nitrogens is 2. The van der Waals surface area contributed by atoms with Gasteiger partial charge in [-0.2, -0.15) is 5.10 Å². The maximum absolute atomic E-state index is 5.70. The van der Waals surface area contributed by atoms with Crippen LogP contribution >= 0.6 is 0 Å². The SMILES string of the molecule is CCn1cc(OCc2ccc(CCNC)cc2)cn1. The van der Waals surface area contributed by atoms with E-state index >= 15 is 0 Å². The van der Waals surface area contributed by atoms with Crippen molar-refractivity contribution in [2.45, 2.75) is 26.5 Å². The first-order valence-corrected chi connectivity index (χ1v) is 6.69. The summed E-state index contributed by atoms with van der Waals surface area (Å²) in [7, 11) is 1.97. The van der Waals surface area contributed by atoms with E-state index in [1.807, 2.05) is 17.9 Å². The van der Waals surface area contributed by atoms with Crippen molar-refractivity contribution in [1.29, 1.82) is 0 Å². The molecular formula is C15H21N3O. The van der Waals surface area contributed by atoms with Crippen LogP contribution in [0.3, 0.4) is 0 Å². The largest absolute Gasteiger partial charge is 0.486 e. The van der Waals surface area contributed by atoms with Crippen LogP contribution in [0, 0.1) is 0 Å². The first-order chi connectivity index (χ1) is 9.31. The van der Waals surface area contributed by atoms with Crippen molar-refractivity contribution in [3.05, 3.63) is 47.8 Å². The Morgan fingerprint density at radius 2 is 1.95 bits per heavy atom. The van der Waals surface area contributed by atoms with Crippen LogP contribution in [0.2, 0.25) is 0 Å². The van der Waals surface area contributed by atoms with Gasteiger partial charge in [0, 0.05) is 6.54 Å².